The van der Waals surface area contributed by atoms with E-state index >= 15 is 0 Å². The molecule has 0 radical (unpaired) electrons. The van der Waals surface area contributed by atoms with Gasteiger partial charge in [0.1, 0.15) is 10.4 Å². The number of alkyl halides is 4. The minimum atomic E-state index is -4.74. The molecular weight excluding hydrogens is 554 g/mol. The molecule has 2 aromatic rings. The zero-order valence-electron chi connectivity index (χ0n) is 17.2. The van der Waals surface area contributed by atoms with Crippen LogP contribution in [0.5, 0.6) is 5.75 Å². The van der Waals surface area contributed by atoms with Gasteiger partial charge in [-0.05, 0) is 81.8 Å². The summed E-state index contributed by atoms with van der Waals surface area (Å²) in [6, 6.07) is 7.43. The van der Waals surface area contributed by atoms with Crippen LogP contribution in [0.1, 0.15) is 35.4 Å². The second-order valence-corrected chi connectivity index (χ2v) is 9.30. The van der Waals surface area contributed by atoms with Crippen molar-refractivity contribution in [2.45, 2.75) is 32.2 Å². The van der Waals surface area contributed by atoms with E-state index in [1.165, 1.54) is 17.0 Å². The Morgan fingerprint density at radius 3 is 2.62 bits per heavy atom. The van der Waals surface area contributed by atoms with Crippen molar-refractivity contribution in [1.82, 2.24) is 4.90 Å². The molecule has 170 valence electrons. The fourth-order valence-corrected chi connectivity index (χ4v) is 5.50. The third-order valence-electron chi connectivity index (χ3n) is 5.63. The van der Waals surface area contributed by atoms with Crippen molar-refractivity contribution in [2.24, 2.45) is 5.92 Å². The maximum Gasteiger partial charge on any atom is 0.573 e. The molecule has 2 unspecified atom stereocenters. The Balaban J connectivity index is 1.65. The van der Waals surface area contributed by atoms with Crippen LogP contribution >= 0.6 is 33.9 Å². The lowest BCUT2D eigenvalue weighted by molar-refractivity contribution is -0.274. The Labute approximate surface area is 201 Å². The van der Waals surface area contributed by atoms with Crippen molar-refractivity contribution in [2.75, 3.05) is 11.2 Å². The summed E-state index contributed by atoms with van der Waals surface area (Å²) in [5.74, 6) is 0.535. The molecule has 2 heterocycles. The molecule has 0 N–H and O–H groups in total. The molecule has 9 heteroatoms. The standard InChI is InChI=1S/C23H21F3INO3S/c1-14-12-17(30-13-27)6-7-18(14)22(29)28-10-8-20-19(9-11-32-20)21(28)15-2-4-16(5-3-15)31-23(24,25)26/h2-7,9,11,14,21H,8,10,12-13H2,1H3. The van der Waals surface area contributed by atoms with Gasteiger partial charge in [0, 0.05) is 23.4 Å². The van der Waals surface area contributed by atoms with Gasteiger partial charge in [0.25, 0.3) is 5.91 Å². The topological polar surface area (TPSA) is 38.8 Å². The van der Waals surface area contributed by atoms with Gasteiger partial charge >= 0.3 is 6.36 Å². The minimum Gasteiger partial charge on any atom is -0.488 e. The predicted molar refractivity (Wildman–Crippen MR) is 125 cm³/mol. The normalized spacial score (nSPS) is 20.8. The summed E-state index contributed by atoms with van der Waals surface area (Å²) in [5, 5.41) is 1.99. The monoisotopic (exact) mass is 575 g/mol. The predicted octanol–water partition coefficient (Wildman–Crippen LogP) is 6.38. The van der Waals surface area contributed by atoms with Crippen LogP contribution in [-0.2, 0) is 16.0 Å². The smallest absolute Gasteiger partial charge is 0.488 e. The number of benzene rings is 1. The maximum absolute atomic E-state index is 13.6. The van der Waals surface area contributed by atoms with E-state index in [4.69, 9.17) is 4.74 Å². The molecule has 1 amide bonds. The number of thiophene rings is 1. The first kappa shape index (κ1) is 23.2. The summed E-state index contributed by atoms with van der Waals surface area (Å²) >= 11 is 3.78. The van der Waals surface area contributed by atoms with E-state index in [2.05, 4.69) is 27.3 Å². The third kappa shape index (κ3) is 4.98. The molecule has 1 aliphatic carbocycles. The highest BCUT2D eigenvalue weighted by Crippen LogP contribution is 2.40. The van der Waals surface area contributed by atoms with Gasteiger partial charge in [0.15, 0.2) is 0 Å². The van der Waals surface area contributed by atoms with Crippen molar-refractivity contribution in [3.63, 3.8) is 0 Å². The van der Waals surface area contributed by atoms with Crippen LogP contribution in [0.15, 0.2) is 59.2 Å². The number of carbonyl (C=O) groups is 1. The molecule has 0 fully saturated rings. The third-order valence-corrected chi connectivity index (χ3v) is 6.94. The van der Waals surface area contributed by atoms with E-state index in [1.54, 1.807) is 23.5 Å². The summed E-state index contributed by atoms with van der Waals surface area (Å²) < 4.78 is 47.8. The van der Waals surface area contributed by atoms with E-state index < -0.39 is 6.36 Å². The zero-order valence-corrected chi connectivity index (χ0v) is 20.2. The Kier molecular flexibility index (Phi) is 6.85. The summed E-state index contributed by atoms with van der Waals surface area (Å²) in [6.45, 7) is 2.55. The first-order chi connectivity index (χ1) is 15.3. The lowest BCUT2D eigenvalue weighted by Crippen LogP contribution is -2.42. The van der Waals surface area contributed by atoms with Crippen LogP contribution in [0.4, 0.5) is 13.2 Å². The van der Waals surface area contributed by atoms with Gasteiger partial charge in [-0.15, -0.1) is 24.5 Å². The van der Waals surface area contributed by atoms with Gasteiger partial charge in [-0.1, -0.05) is 19.1 Å². The van der Waals surface area contributed by atoms with Crippen LogP contribution < -0.4 is 4.74 Å². The molecule has 32 heavy (non-hydrogen) atoms. The number of nitrogens with zero attached hydrogens (tertiary/aromatic N) is 1. The van der Waals surface area contributed by atoms with Gasteiger partial charge in [-0.25, -0.2) is 0 Å². The average molecular weight is 575 g/mol. The highest BCUT2D eigenvalue weighted by Gasteiger charge is 2.36. The molecule has 1 aliphatic heterocycles. The molecule has 4 nitrogen and oxygen atoms in total. The summed E-state index contributed by atoms with van der Waals surface area (Å²) in [6.07, 6.45) is 0.353. The van der Waals surface area contributed by atoms with Crippen LogP contribution in [-0.4, -0.2) is 28.3 Å². The van der Waals surface area contributed by atoms with Gasteiger partial charge in [0.05, 0.1) is 11.8 Å². The summed E-state index contributed by atoms with van der Waals surface area (Å²) in [7, 11) is 0. The molecule has 0 spiro atoms. The number of halogens is 4. The van der Waals surface area contributed by atoms with E-state index in [0.717, 1.165) is 23.3 Å². The molecule has 0 saturated heterocycles. The number of allylic oxidation sites excluding steroid dienone is 3. The van der Waals surface area contributed by atoms with Gasteiger partial charge in [-0.3, -0.25) is 4.79 Å². The fourth-order valence-electron chi connectivity index (χ4n) is 4.20. The van der Waals surface area contributed by atoms with Gasteiger partial charge < -0.3 is 14.4 Å². The van der Waals surface area contributed by atoms with E-state index in [1.807, 2.05) is 35.4 Å². The minimum absolute atomic E-state index is 0.0116. The molecule has 2 atom stereocenters. The molecule has 1 aromatic carbocycles. The second-order valence-electron chi connectivity index (χ2n) is 7.68. The quantitative estimate of drug-likeness (QED) is 0.307. The Bertz CT molecular complexity index is 1050. The summed E-state index contributed by atoms with van der Waals surface area (Å²) in [4.78, 5) is 16.6. The molecule has 4 rings (SSSR count). The molecule has 0 bridgehead atoms. The Morgan fingerprint density at radius 2 is 1.97 bits per heavy atom. The van der Waals surface area contributed by atoms with Crippen LogP contribution in [0.25, 0.3) is 0 Å². The van der Waals surface area contributed by atoms with Crippen molar-refractivity contribution in [3.8, 4) is 5.75 Å². The van der Waals surface area contributed by atoms with Crippen molar-refractivity contribution >= 4 is 39.8 Å². The lowest BCUT2D eigenvalue weighted by Gasteiger charge is -2.38. The highest BCUT2D eigenvalue weighted by molar-refractivity contribution is 14.1. The molecule has 2 aliphatic rings. The number of carbonyl (C=O) groups excluding carboxylic acids is 1. The summed E-state index contributed by atoms with van der Waals surface area (Å²) in [5.41, 5.74) is 2.49. The van der Waals surface area contributed by atoms with E-state index in [-0.39, 0.29) is 23.6 Å². The van der Waals surface area contributed by atoms with E-state index in [9.17, 15) is 18.0 Å². The second kappa shape index (κ2) is 9.46. The number of rotatable bonds is 5. The van der Waals surface area contributed by atoms with Crippen LogP contribution in [0.2, 0.25) is 0 Å². The highest BCUT2D eigenvalue weighted by atomic mass is 127. The number of hydrogen-bond acceptors (Lipinski definition) is 4. The maximum atomic E-state index is 13.6. The van der Waals surface area contributed by atoms with Gasteiger partial charge in [-0.2, -0.15) is 0 Å². The Hall–Kier alpha value is -2.01. The number of fused-ring (bicyclic) bond motifs is 1. The van der Waals surface area contributed by atoms with E-state index in [0.29, 0.717) is 23.2 Å². The average Bonchev–Trinajstić information content (AvgIpc) is 3.21. The fraction of sp³-hybridized carbons (Fsp3) is 0.348. The first-order valence-electron chi connectivity index (χ1n) is 10.1. The number of amides is 1. The van der Waals surface area contributed by atoms with Crippen LogP contribution in [0, 0.1) is 5.92 Å². The zero-order chi connectivity index (χ0) is 22.9. The SMILES string of the molecule is CC1CC(OCI)=CC=C1C(=O)N1CCc2sccc2C1c1ccc(OC(F)(F)F)cc1. The van der Waals surface area contributed by atoms with Crippen molar-refractivity contribution in [3.05, 3.63) is 75.2 Å². The first-order valence-corrected chi connectivity index (χ1v) is 12.5. The van der Waals surface area contributed by atoms with Crippen molar-refractivity contribution in [1.29, 1.82) is 0 Å². The Morgan fingerprint density at radius 1 is 1.22 bits per heavy atom. The van der Waals surface area contributed by atoms with Crippen LogP contribution in [0.3, 0.4) is 0 Å². The number of hydrogen-bond donors (Lipinski definition) is 0. The molecule has 1 aromatic heterocycles. The number of ether oxygens (including phenoxy) is 2. The molecular formula is C23H21F3INO3S. The molecule has 0 saturated carbocycles. The lowest BCUT2D eigenvalue weighted by atomic mass is 9.88. The van der Waals surface area contributed by atoms with Gasteiger partial charge in [0.2, 0.25) is 0 Å². The largest absolute Gasteiger partial charge is 0.573 e. The van der Waals surface area contributed by atoms with Crippen molar-refractivity contribution < 1.29 is 27.4 Å².